The van der Waals surface area contributed by atoms with Gasteiger partial charge in [0, 0.05) is 25.5 Å². The van der Waals surface area contributed by atoms with Gasteiger partial charge in [-0.3, -0.25) is 14.6 Å². The summed E-state index contributed by atoms with van der Waals surface area (Å²) in [7, 11) is 0. The summed E-state index contributed by atoms with van der Waals surface area (Å²) in [6, 6.07) is 11.4. The smallest absolute Gasteiger partial charge is 0.252 e. The molecule has 0 spiro atoms. The Kier molecular flexibility index (Phi) is 6.29. The summed E-state index contributed by atoms with van der Waals surface area (Å²) in [5.74, 6) is -0.156. The Morgan fingerprint density at radius 3 is 2.48 bits per heavy atom. The van der Waals surface area contributed by atoms with E-state index in [0.717, 1.165) is 5.56 Å². The molecule has 0 saturated heterocycles. The van der Waals surface area contributed by atoms with Gasteiger partial charge in [-0.2, -0.15) is 0 Å². The lowest BCUT2D eigenvalue weighted by molar-refractivity contribution is -0.120. The van der Waals surface area contributed by atoms with Crippen molar-refractivity contribution >= 4 is 11.8 Å². The fourth-order valence-electron chi connectivity index (χ4n) is 2.07. The van der Waals surface area contributed by atoms with Gasteiger partial charge in [-0.25, -0.2) is 0 Å². The Hall–Kier alpha value is -2.69. The van der Waals surface area contributed by atoms with E-state index in [1.54, 1.807) is 18.3 Å². The third kappa shape index (κ3) is 5.90. The molecule has 0 radical (unpaired) electrons. The van der Waals surface area contributed by atoms with Crippen LogP contribution in [0.3, 0.4) is 0 Å². The molecule has 0 aliphatic heterocycles. The van der Waals surface area contributed by atoms with Gasteiger partial charge in [-0.1, -0.05) is 29.8 Å². The van der Waals surface area contributed by atoms with E-state index in [1.807, 2.05) is 31.2 Å². The predicted molar refractivity (Wildman–Crippen MR) is 89.1 cm³/mol. The van der Waals surface area contributed by atoms with Gasteiger partial charge in [0.15, 0.2) is 0 Å². The summed E-state index contributed by atoms with van der Waals surface area (Å²) in [6.07, 6.45) is 4.22. The molecule has 120 valence electrons. The lowest BCUT2D eigenvalue weighted by Crippen LogP contribution is -2.30. The maximum Gasteiger partial charge on any atom is 0.252 e. The molecule has 1 aromatic carbocycles. The molecule has 2 rings (SSSR count). The van der Waals surface area contributed by atoms with Gasteiger partial charge < -0.3 is 10.6 Å². The number of nitrogens with zero attached hydrogens (tertiary/aromatic N) is 1. The van der Waals surface area contributed by atoms with Crippen LogP contribution < -0.4 is 10.6 Å². The van der Waals surface area contributed by atoms with Gasteiger partial charge in [0.1, 0.15) is 0 Å². The van der Waals surface area contributed by atoms with E-state index in [0.29, 0.717) is 31.5 Å². The average Bonchev–Trinajstić information content (AvgIpc) is 2.57. The highest BCUT2D eigenvalue weighted by Gasteiger charge is 2.05. The van der Waals surface area contributed by atoms with Gasteiger partial charge in [0.25, 0.3) is 5.91 Å². The summed E-state index contributed by atoms with van der Waals surface area (Å²) in [6.45, 7) is 3.07. The first-order valence-corrected chi connectivity index (χ1v) is 7.65. The highest BCUT2D eigenvalue weighted by Crippen LogP contribution is 2.03. The molecule has 5 nitrogen and oxygen atoms in total. The molecule has 5 heteroatoms. The van der Waals surface area contributed by atoms with Crippen molar-refractivity contribution in [3.05, 3.63) is 65.5 Å². The van der Waals surface area contributed by atoms with Crippen molar-refractivity contribution in [2.75, 3.05) is 13.1 Å². The Balaban J connectivity index is 1.61. The standard InChI is InChI=1S/C18H21N3O2/c1-14-5-7-15(8-6-14)12-17(22)20-10-3-11-21-18(23)16-4-2-9-19-13-16/h2,4-9,13H,3,10-12H2,1H3,(H,20,22)(H,21,23). The Morgan fingerprint density at radius 2 is 1.78 bits per heavy atom. The number of rotatable bonds is 7. The second-order valence-corrected chi connectivity index (χ2v) is 5.36. The second-order valence-electron chi connectivity index (χ2n) is 5.36. The minimum absolute atomic E-state index is 0.00700. The van der Waals surface area contributed by atoms with Crippen molar-refractivity contribution in [1.82, 2.24) is 15.6 Å². The van der Waals surface area contributed by atoms with Crippen molar-refractivity contribution in [1.29, 1.82) is 0 Å². The molecule has 2 aromatic rings. The van der Waals surface area contributed by atoms with Gasteiger partial charge in [0.05, 0.1) is 12.0 Å². The minimum Gasteiger partial charge on any atom is -0.356 e. The molecular weight excluding hydrogens is 290 g/mol. The van der Waals surface area contributed by atoms with Gasteiger partial charge in [-0.05, 0) is 31.0 Å². The van der Waals surface area contributed by atoms with Crippen LogP contribution in [-0.4, -0.2) is 29.9 Å². The van der Waals surface area contributed by atoms with Crippen molar-refractivity contribution in [2.24, 2.45) is 0 Å². The zero-order valence-electron chi connectivity index (χ0n) is 13.2. The number of amides is 2. The topological polar surface area (TPSA) is 71.1 Å². The molecule has 0 unspecified atom stereocenters. The van der Waals surface area contributed by atoms with Crippen LogP contribution in [0.25, 0.3) is 0 Å². The maximum atomic E-state index is 11.8. The van der Waals surface area contributed by atoms with E-state index in [9.17, 15) is 9.59 Å². The third-order valence-corrected chi connectivity index (χ3v) is 3.37. The van der Waals surface area contributed by atoms with E-state index >= 15 is 0 Å². The molecule has 23 heavy (non-hydrogen) atoms. The SMILES string of the molecule is Cc1ccc(CC(=O)NCCCNC(=O)c2cccnc2)cc1. The van der Waals surface area contributed by atoms with E-state index in [1.165, 1.54) is 11.8 Å². The number of aromatic nitrogens is 1. The van der Waals surface area contributed by atoms with Crippen LogP contribution >= 0.6 is 0 Å². The quantitative estimate of drug-likeness (QED) is 0.767. The summed E-state index contributed by atoms with van der Waals surface area (Å²) in [5, 5.41) is 5.66. The van der Waals surface area contributed by atoms with Crippen LogP contribution in [0.15, 0.2) is 48.8 Å². The van der Waals surface area contributed by atoms with Crippen molar-refractivity contribution in [3.8, 4) is 0 Å². The lowest BCUT2D eigenvalue weighted by atomic mass is 10.1. The lowest BCUT2D eigenvalue weighted by Gasteiger charge is -2.07. The monoisotopic (exact) mass is 311 g/mol. The van der Waals surface area contributed by atoms with E-state index < -0.39 is 0 Å². The first kappa shape index (κ1) is 16.7. The first-order valence-electron chi connectivity index (χ1n) is 7.65. The number of aryl methyl sites for hydroxylation is 1. The molecule has 2 amide bonds. The fourth-order valence-corrected chi connectivity index (χ4v) is 2.07. The highest BCUT2D eigenvalue weighted by molar-refractivity contribution is 5.93. The number of nitrogens with one attached hydrogen (secondary N) is 2. The average molecular weight is 311 g/mol. The molecule has 2 N–H and O–H groups in total. The molecule has 1 aromatic heterocycles. The summed E-state index contributed by atoms with van der Waals surface area (Å²) < 4.78 is 0. The number of hydrogen-bond donors (Lipinski definition) is 2. The molecule has 0 aliphatic carbocycles. The maximum absolute atomic E-state index is 11.8. The number of carbonyl (C=O) groups excluding carboxylic acids is 2. The van der Waals surface area contributed by atoms with Crippen LogP contribution in [-0.2, 0) is 11.2 Å². The Bertz CT molecular complexity index is 639. The molecule has 0 bridgehead atoms. The van der Waals surface area contributed by atoms with Crippen LogP contribution in [0, 0.1) is 6.92 Å². The third-order valence-electron chi connectivity index (χ3n) is 3.37. The normalized spacial score (nSPS) is 10.1. The van der Waals surface area contributed by atoms with Crippen molar-refractivity contribution < 1.29 is 9.59 Å². The van der Waals surface area contributed by atoms with Crippen LogP contribution in [0.4, 0.5) is 0 Å². The van der Waals surface area contributed by atoms with Gasteiger partial charge in [0.2, 0.25) is 5.91 Å². The van der Waals surface area contributed by atoms with Crippen molar-refractivity contribution in [2.45, 2.75) is 19.8 Å². The van der Waals surface area contributed by atoms with Crippen LogP contribution in [0.1, 0.15) is 27.9 Å². The number of carbonyl (C=O) groups is 2. The molecule has 0 atom stereocenters. The Labute approximate surface area is 136 Å². The summed E-state index contributed by atoms with van der Waals surface area (Å²) in [5.41, 5.74) is 2.72. The highest BCUT2D eigenvalue weighted by atomic mass is 16.2. The molecule has 0 aliphatic rings. The predicted octanol–water partition coefficient (Wildman–Crippen LogP) is 1.87. The summed E-state index contributed by atoms with van der Waals surface area (Å²) >= 11 is 0. The molecule has 0 fully saturated rings. The minimum atomic E-state index is -0.149. The molecule has 1 heterocycles. The first-order chi connectivity index (χ1) is 11.1. The molecular formula is C18H21N3O2. The Morgan fingerprint density at radius 1 is 1.04 bits per heavy atom. The van der Waals surface area contributed by atoms with Crippen molar-refractivity contribution in [3.63, 3.8) is 0 Å². The van der Waals surface area contributed by atoms with Crippen LogP contribution in [0.2, 0.25) is 0 Å². The largest absolute Gasteiger partial charge is 0.356 e. The van der Waals surface area contributed by atoms with E-state index in [4.69, 9.17) is 0 Å². The number of benzene rings is 1. The zero-order chi connectivity index (χ0) is 16.5. The number of pyridine rings is 1. The van der Waals surface area contributed by atoms with E-state index in [2.05, 4.69) is 15.6 Å². The van der Waals surface area contributed by atoms with Crippen LogP contribution in [0.5, 0.6) is 0 Å². The van der Waals surface area contributed by atoms with Gasteiger partial charge in [-0.15, -0.1) is 0 Å². The molecule has 0 saturated carbocycles. The number of hydrogen-bond acceptors (Lipinski definition) is 3. The fraction of sp³-hybridized carbons (Fsp3) is 0.278. The zero-order valence-corrected chi connectivity index (χ0v) is 13.2. The van der Waals surface area contributed by atoms with E-state index in [-0.39, 0.29) is 11.8 Å². The second kappa shape index (κ2) is 8.68. The van der Waals surface area contributed by atoms with Gasteiger partial charge >= 0.3 is 0 Å². The summed E-state index contributed by atoms with van der Waals surface area (Å²) in [4.78, 5) is 27.5.